The average Bonchev–Trinajstić information content (AvgIpc) is 3.06. The van der Waals surface area contributed by atoms with Crippen molar-refractivity contribution < 1.29 is 18.4 Å². The van der Waals surface area contributed by atoms with Crippen molar-refractivity contribution in [3.63, 3.8) is 0 Å². The van der Waals surface area contributed by atoms with Crippen LogP contribution in [0.3, 0.4) is 0 Å². The minimum absolute atomic E-state index is 0.0464. The Morgan fingerprint density at radius 2 is 1.60 bits per heavy atom. The summed E-state index contributed by atoms with van der Waals surface area (Å²) in [6.07, 6.45) is 1.78. The molecular weight excluding hydrogens is 328 g/mol. The lowest BCUT2D eigenvalue weighted by Crippen LogP contribution is -2.35. The van der Waals surface area contributed by atoms with Gasteiger partial charge in [-0.2, -0.15) is 0 Å². The number of nitrogens with one attached hydrogen (secondary N) is 3. The van der Waals surface area contributed by atoms with E-state index in [-0.39, 0.29) is 19.0 Å². The van der Waals surface area contributed by atoms with E-state index in [1.807, 2.05) is 6.07 Å². The first kappa shape index (κ1) is 16.6. The molecule has 0 radical (unpaired) electrons. The predicted octanol–water partition coefficient (Wildman–Crippen LogP) is 2.61. The van der Waals surface area contributed by atoms with Crippen molar-refractivity contribution in [2.45, 2.75) is 0 Å². The maximum Gasteiger partial charge on any atom is 0.257 e. The second-order valence-electron chi connectivity index (χ2n) is 5.39. The molecule has 0 atom stereocenters. The molecule has 0 saturated carbocycles. The van der Waals surface area contributed by atoms with Gasteiger partial charge in [0.05, 0.1) is 0 Å². The molecular formula is C18H15F2N3O2. The molecule has 0 aliphatic rings. The van der Waals surface area contributed by atoms with E-state index < -0.39 is 23.1 Å². The van der Waals surface area contributed by atoms with Gasteiger partial charge in [0.2, 0.25) is 0 Å². The Labute approximate surface area is 142 Å². The van der Waals surface area contributed by atoms with Crippen LogP contribution in [0.2, 0.25) is 0 Å². The Morgan fingerprint density at radius 1 is 0.920 bits per heavy atom. The van der Waals surface area contributed by atoms with Gasteiger partial charge in [-0.25, -0.2) is 8.78 Å². The number of halogens is 2. The third kappa shape index (κ3) is 3.65. The zero-order chi connectivity index (χ0) is 17.8. The molecule has 7 heteroatoms. The highest BCUT2D eigenvalue weighted by atomic mass is 19.1. The fourth-order valence-corrected chi connectivity index (χ4v) is 2.45. The molecule has 0 saturated heterocycles. The van der Waals surface area contributed by atoms with Crippen LogP contribution in [-0.4, -0.2) is 29.9 Å². The fraction of sp³-hybridized carbons (Fsp3) is 0.111. The van der Waals surface area contributed by atoms with Gasteiger partial charge in [-0.3, -0.25) is 9.59 Å². The second kappa shape index (κ2) is 7.12. The standard InChI is InChI=1S/C18H15F2N3O2/c19-13-2-1-3-14(20)16(13)18(25)23-9-8-22-17(24)12-4-5-15-11(10-12)6-7-21-15/h1-7,10,21H,8-9H2,(H,22,24)(H,23,25). The second-order valence-corrected chi connectivity index (χ2v) is 5.39. The zero-order valence-corrected chi connectivity index (χ0v) is 13.1. The van der Waals surface area contributed by atoms with E-state index in [0.717, 1.165) is 23.0 Å². The summed E-state index contributed by atoms with van der Waals surface area (Å²) in [5, 5.41) is 5.93. The summed E-state index contributed by atoms with van der Waals surface area (Å²) >= 11 is 0. The maximum atomic E-state index is 13.5. The zero-order valence-electron chi connectivity index (χ0n) is 13.1. The molecule has 0 fully saturated rings. The molecule has 2 amide bonds. The summed E-state index contributed by atoms with van der Waals surface area (Å²) in [4.78, 5) is 26.9. The lowest BCUT2D eigenvalue weighted by molar-refractivity contribution is 0.0923. The van der Waals surface area contributed by atoms with E-state index in [1.54, 1.807) is 24.4 Å². The monoisotopic (exact) mass is 343 g/mol. The van der Waals surface area contributed by atoms with Crippen molar-refractivity contribution in [1.82, 2.24) is 15.6 Å². The van der Waals surface area contributed by atoms with E-state index in [9.17, 15) is 18.4 Å². The minimum Gasteiger partial charge on any atom is -0.361 e. The van der Waals surface area contributed by atoms with Gasteiger partial charge in [0.1, 0.15) is 17.2 Å². The normalized spacial score (nSPS) is 10.6. The van der Waals surface area contributed by atoms with Crippen LogP contribution in [0.5, 0.6) is 0 Å². The van der Waals surface area contributed by atoms with E-state index in [1.165, 1.54) is 6.07 Å². The van der Waals surface area contributed by atoms with Gasteiger partial charge >= 0.3 is 0 Å². The summed E-state index contributed by atoms with van der Waals surface area (Å²) in [6.45, 7) is 0.177. The van der Waals surface area contributed by atoms with Crippen LogP contribution in [0.1, 0.15) is 20.7 Å². The Kier molecular flexibility index (Phi) is 4.74. The van der Waals surface area contributed by atoms with E-state index in [4.69, 9.17) is 0 Å². The largest absolute Gasteiger partial charge is 0.361 e. The number of carbonyl (C=O) groups is 2. The maximum absolute atomic E-state index is 13.5. The summed E-state index contributed by atoms with van der Waals surface area (Å²) in [5.74, 6) is -3.02. The number of hydrogen-bond donors (Lipinski definition) is 3. The van der Waals surface area contributed by atoms with Crippen molar-refractivity contribution in [2.75, 3.05) is 13.1 Å². The van der Waals surface area contributed by atoms with Gasteiger partial charge in [0.15, 0.2) is 0 Å². The molecule has 3 rings (SSSR count). The van der Waals surface area contributed by atoms with E-state index in [2.05, 4.69) is 15.6 Å². The molecule has 5 nitrogen and oxygen atoms in total. The molecule has 0 unspecified atom stereocenters. The van der Waals surface area contributed by atoms with Crippen molar-refractivity contribution in [3.8, 4) is 0 Å². The van der Waals surface area contributed by atoms with E-state index in [0.29, 0.717) is 5.56 Å². The molecule has 0 bridgehead atoms. The first-order chi connectivity index (χ1) is 12.1. The number of hydrogen-bond acceptors (Lipinski definition) is 2. The number of fused-ring (bicyclic) bond motifs is 1. The third-order valence-corrected chi connectivity index (χ3v) is 3.70. The smallest absolute Gasteiger partial charge is 0.257 e. The van der Waals surface area contributed by atoms with Crippen LogP contribution in [0.4, 0.5) is 8.78 Å². The minimum atomic E-state index is -0.929. The first-order valence-electron chi connectivity index (χ1n) is 7.64. The molecule has 128 valence electrons. The van der Waals surface area contributed by atoms with Crippen LogP contribution in [0.25, 0.3) is 10.9 Å². The van der Waals surface area contributed by atoms with Gasteiger partial charge in [-0.15, -0.1) is 0 Å². The number of H-pyrrole nitrogens is 1. The number of aromatic nitrogens is 1. The Balaban J connectivity index is 1.52. The van der Waals surface area contributed by atoms with Gasteiger partial charge < -0.3 is 15.6 Å². The van der Waals surface area contributed by atoms with Gasteiger partial charge in [-0.1, -0.05) is 6.07 Å². The molecule has 2 aromatic carbocycles. The van der Waals surface area contributed by atoms with Crippen molar-refractivity contribution in [3.05, 3.63) is 71.4 Å². The molecule has 0 aliphatic carbocycles. The Hall–Kier alpha value is -3.22. The molecule has 0 aliphatic heterocycles. The Bertz CT molecular complexity index is 917. The summed E-state index contributed by atoms with van der Waals surface area (Å²) in [7, 11) is 0. The average molecular weight is 343 g/mol. The number of rotatable bonds is 5. The van der Waals surface area contributed by atoms with Crippen molar-refractivity contribution in [1.29, 1.82) is 0 Å². The molecule has 0 spiro atoms. The first-order valence-corrected chi connectivity index (χ1v) is 7.64. The van der Waals surface area contributed by atoms with Gasteiger partial charge in [0.25, 0.3) is 11.8 Å². The molecule has 3 N–H and O–H groups in total. The highest BCUT2D eigenvalue weighted by Gasteiger charge is 2.16. The van der Waals surface area contributed by atoms with Gasteiger partial charge in [-0.05, 0) is 36.4 Å². The number of aromatic amines is 1. The highest BCUT2D eigenvalue weighted by molar-refractivity contribution is 5.98. The fourth-order valence-electron chi connectivity index (χ4n) is 2.45. The topological polar surface area (TPSA) is 74.0 Å². The summed E-state index contributed by atoms with van der Waals surface area (Å²) in [6, 6.07) is 10.3. The van der Waals surface area contributed by atoms with Crippen molar-refractivity contribution >= 4 is 22.7 Å². The predicted molar refractivity (Wildman–Crippen MR) is 89.3 cm³/mol. The Morgan fingerprint density at radius 3 is 2.32 bits per heavy atom. The molecule has 1 aromatic heterocycles. The number of carbonyl (C=O) groups excluding carboxylic acids is 2. The lowest BCUT2D eigenvalue weighted by Gasteiger charge is -2.08. The van der Waals surface area contributed by atoms with Crippen LogP contribution >= 0.6 is 0 Å². The SMILES string of the molecule is O=C(NCCNC(=O)c1c(F)cccc1F)c1ccc2[nH]ccc2c1. The van der Waals surface area contributed by atoms with Crippen LogP contribution in [-0.2, 0) is 0 Å². The summed E-state index contributed by atoms with van der Waals surface area (Å²) < 4.78 is 27.0. The highest BCUT2D eigenvalue weighted by Crippen LogP contribution is 2.14. The molecule has 1 heterocycles. The third-order valence-electron chi connectivity index (χ3n) is 3.70. The molecule has 3 aromatic rings. The quantitative estimate of drug-likeness (QED) is 0.623. The van der Waals surface area contributed by atoms with Crippen LogP contribution in [0.15, 0.2) is 48.7 Å². The van der Waals surface area contributed by atoms with Gasteiger partial charge in [0, 0.05) is 35.8 Å². The van der Waals surface area contributed by atoms with Crippen LogP contribution < -0.4 is 10.6 Å². The lowest BCUT2D eigenvalue weighted by atomic mass is 10.1. The van der Waals surface area contributed by atoms with E-state index >= 15 is 0 Å². The number of benzene rings is 2. The summed E-state index contributed by atoms with van der Waals surface area (Å²) in [5.41, 5.74) is 0.779. The molecule has 25 heavy (non-hydrogen) atoms. The van der Waals surface area contributed by atoms with Crippen LogP contribution in [0, 0.1) is 11.6 Å². The van der Waals surface area contributed by atoms with Crippen molar-refractivity contribution in [2.24, 2.45) is 0 Å². The number of amides is 2.